The first kappa shape index (κ1) is 10.3. The van der Waals surface area contributed by atoms with Crippen LogP contribution in [-0.2, 0) is 4.79 Å². The molecule has 0 bridgehead atoms. The number of benzene rings is 1. The molecule has 2 rings (SSSR count). The summed E-state index contributed by atoms with van der Waals surface area (Å²) in [6.07, 6.45) is 2.62. The fourth-order valence-electron chi connectivity index (χ4n) is 1.51. The first-order valence-corrected chi connectivity index (χ1v) is 4.77. The highest BCUT2D eigenvalue weighted by atomic mass is 16.5. The molecule has 2 aromatic rings. The standard InChI is InChI=1S/C12H11NO3/c1-16-10-4-2-8-6-9(3-5-12(14)15)13-11(8)7-10/h2-7,13H,1H3,(H,14,15)/b5-3+. The first-order valence-electron chi connectivity index (χ1n) is 4.77. The second-order valence-corrected chi connectivity index (χ2v) is 3.35. The maximum absolute atomic E-state index is 10.4. The third-order valence-electron chi connectivity index (χ3n) is 2.26. The Hall–Kier alpha value is -2.23. The molecular weight excluding hydrogens is 206 g/mol. The van der Waals surface area contributed by atoms with E-state index in [4.69, 9.17) is 9.84 Å². The van der Waals surface area contributed by atoms with Gasteiger partial charge in [-0.1, -0.05) is 0 Å². The van der Waals surface area contributed by atoms with Crippen molar-refractivity contribution in [3.05, 3.63) is 36.0 Å². The van der Waals surface area contributed by atoms with Crippen molar-refractivity contribution in [3.8, 4) is 5.75 Å². The van der Waals surface area contributed by atoms with Gasteiger partial charge in [0.15, 0.2) is 0 Å². The molecule has 0 aliphatic heterocycles. The van der Waals surface area contributed by atoms with Crippen LogP contribution in [-0.4, -0.2) is 23.2 Å². The molecule has 0 unspecified atom stereocenters. The number of hydrogen-bond donors (Lipinski definition) is 2. The van der Waals surface area contributed by atoms with Gasteiger partial charge in [0.25, 0.3) is 0 Å². The molecule has 4 nitrogen and oxygen atoms in total. The number of rotatable bonds is 3. The number of methoxy groups -OCH3 is 1. The summed E-state index contributed by atoms with van der Waals surface area (Å²) in [6, 6.07) is 7.53. The Balaban J connectivity index is 2.40. The van der Waals surface area contributed by atoms with Crippen molar-refractivity contribution in [1.29, 1.82) is 0 Å². The van der Waals surface area contributed by atoms with E-state index in [-0.39, 0.29) is 0 Å². The summed E-state index contributed by atoms with van der Waals surface area (Å²) in [4.78, 5) is 13.5. The fourth-order valence-corrected chi connectivity index (χ4v) is 1.51. The van der Waals surface area contributed by atoms with Gasteiger partial charge < -0.3 is 14.8 Å². The van der Waals surface area contributed by atoms with E-state index in [2.05, 4.69) is 4.98 Å². The molecule has 0 radical (unpaired) electrons. The highest BCUT2D eigenvalue weighted by Gasteiger charge is 2.00. The van der Waals surface area contributed by atoms with E-state index in [1.807, 2.05) is 24.3 Å². The SMILES string of the molecule is COc1ccc2cc(/C=C/C(=O)O)[nH]c2c1. The molecule has 0 amide bonds. The number of carboxylic acids is 1. The molecule has 1 aromatic heterocycles. The van der Waals surface area contributed by atoms with Crippen LogP contribution >= 0.6 is 0 Å². The van der Waals surface area contributed by atoms with Crippen molar-refractivity contribution < 1.29 is 14.6 Å². The summed E-state index contributed by atoms with van der Waals surface area (Å²) in [7, 11) is 1.61. The van der Waals surface area contributed by atoms with Crippen molar-refractivity contribution in [2.45, 2.75) is 0 Å². The molecule has 16 heavy (non-hydrogen) atoms. The van der Waals surface area contributed by atoms with Crippen molar-refractivity contribution in [1.82, 2.24) is 4.98 Å². The van der Waals surface area contributed by atoms with Gasteiger partial charge in [-0.3, -0.25) is 0 Å². The minimum absolute atomic E-state index is 0.755. The highest BCUT2D eigenvalue weighted by Crippen LogP contribution is 2.21. The third-order valence-corrected chi connectivity index (χ3v) is 2.26. The van der Waals surface area contributed by atoms with Crippen LogP contribution < -0.4 is 4.74 Å². The zero-order chi connectivity index (χ0) is 11.5. The van der Waals surface area contributed by atoms with Gasteiger partial charge in [0.1, 0.15) is 5.75 Å². The van der Waals surface area contributed by atoms with Crippen LogP contribution in [0.3, 0.4) is 0 Å². The van der Waals surface area contributed by atoms with Gasteiger partial charge in [0, 0.05) is 28.7 Å². The van der Waals surface area contributed by atoms with Crippen LogP contribution in [0.15, 0.2) is 30.3 Å². The largest absolute Gasteiger partial charge is 0.497 e. The lowest BCUT2D eigenvalue weighted by Gasteiger charge is -1.97. The summed E-state index contributed by atoms with van der Waals surface area (Å²) in [5.41, 5.74) is 1.68. The molecule has 0 spiro atoms. The predicted octanol–water partition coefficient (Wildman–Crippen LogP) is 2.27. The average Bonchev–Trinajstić information content (AvgIpc) is 2.67. The van der Waals surface area contributed by atoms with E-state index < -0.39 is 5.97 Å². The van der Waals surface area contributed by atoms with E-state index in [9.17, 15) is 4.79 Å². The summed E-state index contributed by atoms with van der Waals surface area (Å²) < 4.78 is 5.10. The number of aromatic amines is 1. The Morgan fingerprint density at radius 3 is 2.94 bits per heavy atom. The average molecular weight is 217 g/mol. The van der Waals surface area contributed by atoms with Crippen LogP contribution in [0.4, 0.5) is 0 Å². The predicted molar refractivity (Wildman–Crippen MR) is 61.5 cm³/mol. The Kier molecular flexibility index (Phi) is 2.64. The quantitative estimate of drug-likeness (QED) is 0.775. The van der Waals surface area contributed by atoms with E-state index in [1.54, 1.807) is 7.11 Å². The smallest absolute Gasteiger partial charge is 0.328 e. The molecule has 0 saturated heterocycles. The van der Waals surface area contributed by atoms with Crippen LogP contribution in [0.2, 0.25) is 0 Å². The summed E-state index contributed by atoms with van der Waals surface area (Å²) in [5.74, 6) is -0.195. The van der Waals surface area contributed by atoms with E-state index in [0.717, 1.165) is 28.4 Å². The zero-order valence-electron chi connectivity index (χ0n) is 8.73. The maximum Gasteiger partial charge on any atom is 0.328 e. The number of aliphatic carboxylic acids is 1. The van der Waals surface area contributed by atoms with Crippen molar-refractivity contribution >= 4 is 22.9 Å². The van der Waals surface area contributed by atoms with Gasteiger partial charge in [-0.05, 0) is 24.3 Å². The normalized spacial score (nSPS) is 11.1. The lowest BCUT2D eigenvalue weighted by Crippen LogP contribution is -1.85. The van der Waals surface area contributed by atoms with Crippen LogP contribution in [0.25, 0.3) is 17.0 Å². The molecule has 1 heterocycles. The second kappa shape index (κ2) is 4.10. The number of carbonyl (C=O) groups is 1. The van der Waals surface area contributed by atoms with Crippen molar-refractivity contribution in [2.75, 3.05) is 7.11 Å². The Morgan fingerprint density at radius 2 is 2.25 bits per heavy atom. The molecular formula is C12H11NO3. The van der Waals surface area contributed by atoms with E-state index in [0.29, 0.717) is 0 Å². The van der Waals surface area contributed by atoms with Crippen molar-refractivity contribution in [3.63, 3.8) is 0 Å². The van der Waals surface area contributed by atoms with Gasteiger partial charge >= 0.3 is 5.97 Å². The van der Waals surface area contributed by atoms with Gasteiger partial charge in [0.2, 0.25) is 0 Å². The Labute approximate surface area is 92.2 Å². The molecule has 0 saturated carbocycles. The van der Waals surface area contributed by atoms with E-state index in [1.165, 1.54) is 6.08 Å². The van der Waals surface area contributed by atoms with Gasteiger partial charge in [0.05, 0.1) is 7.11 Å². The topological polar surface area (TPSA) is 62.3 Å². The van der Waals surface area contributed by atoms with Gasteiger partial charge in [-0.2, -0.15) is 0 Å². The van der Waals surface area contributed by atoms with Crippen molar-refractivity contribution in [2.24, 2.45) is 0 Å². The van der Waals surface area contributed by atoms with E-state index >= 15 is 0 Å². The number of nitrogens with one attached hydrogen (secondary N) is 1. The molecule has 0 atom stereocenters. The lowest BCUT2D eigenvalue weighted by atomic mass is 10.2. The maximum atomic E-state index is 10.4. The highest BCUT2D eigenvalue weighted by molar-refractivity contribution is 5.88. The summed E-state index contributed by atoms with van der Waals surface area (Å²) in [6.45, 7) is 0. The number of H-pyrrole nitrogens is 1. The number of aromatic nitrogens is 1. The minimum atomic E-state index is -0.962. The summed E-state index contributed by atoms with van der Waals surface area (Å²) >= 11 is 0. The molecule has 0 aliphatic carbocycles. The van der Waals surface area contributed by atoms with Crippen LogP contribution in [0.1, 0.15) is 5.69 Å². The van der Waals surface area contributed by atoms with Gasteiger partial charge in [-0.15, -0.1) is 0 Å². The number of carboxylic acid groups (broad SMARTS) is 1. The fraction of sp³-hybridized carbons (Fsp3) is 0.0833. The number of ether oxygens (including phenoxy) is 1. The Morgan fingerprint density at radius 1 is 1.44 bits per heavy atom. The first-order chi connectivity index (χ1) is 7.69. The van der Waals surface area contributed by atoms with Crippen LogP contribution in [0, 0.1) is 0 Å². The molecule has 0 fully saturated rings. The molecule has 1 aromatic carbocycles. The minimum Gasteiger partial charge on any atom is -0.497 e. The lowest BCUT2D eigenvalue weighted by molar-refractivity contribution is -0.131. The number of fused-ring (bicyclic) bond motifs is 1. The Bertz CT molecular complexity index is 554. The third kappa shape index (κ3) is 2.06. The zero-order valence-corrected chi connectivity index (χ0v) is 8.73. The number of hydrogen-bond acceptors (Lipinski definition) is 2. The molecule has 82 valence electrons. The molecule has 0 aliphatic rings. The second-order valence-electron chi connectivity index (χ2n) is 3.35. The molecule has 2 N–H and O–H groups in total. The summed E-state index contributed by atoms with van der Waals surface area (Å²) in [5, 5.41) is 9.53. The van der Waals surface area contributed by atoms with Crippen LogP contribution in [0.5, 0.6) is 5.75 Å². The monoisotopic (exact) mass is 217 g/mol. The molecule has 4 heteroatoms. The van der Waals surface area contributed by atoms with Gasteiger partial charge in [-0.25, -0.2) is 4.79 Å².